The van der Waals surface area contributed by atoms with Crippen molar-refractivity contribution in [1.29, 1.82) is 0 Å². The number of carbonyl (C=O) groups is 2. The highest BCUT2D eigenvalue weighted by Crippen LogP contribution is 2.04. The monoisotopic (exact) mass is 363 g/mol. The maximum absolute atomic E-state index is 12.3. The van der Waals surface area contributed by atoms with E-state index in [1.807, 2.05) is 18.2 Å². The largest absolute Gasteiger partial charge is 0.467 e. The second-order valence-electron chi connectivity index (χ2n) is 6.02. The first-order chi connectivity index (χ1) is 13.2. The van der Waals surface area contributed by atoms with E-state index in [1.54, 1.807) is 36.6 Å². The molecule has 0 saturated carbocycles. The van der Waals surface area contributed by atoms with Crippen molar-refractivity contribution >= 4 is 11.8 Å². The molecule has 2 heterocycles. The summed E-state index contributed by atoms with van der Waals surface area (Å²) in [4.78, 5) is 28.6. The zero-order valence-corrected chi connectivity index (χ0v) is 14.9. The molecule has 0 fully saturated rings. The van der Waals surface area contributed by atoms with Crippen LogP contribution in [0.4, 0.5) is 0 Å². The van der Waals surface area contributed by atoms with Gasteiger partial charge in [0.2, 0.25) is 0 Å². The van der Waals surface area contributed by atoms with Crippen LogP contribution in [0.2, 0.25) is 0 Å². The second kappa shape index (κ2) is 9.33. The minimum Gasteiger partial charge on any atom is -0.467 e. The Labute approximate surface area is 157 Å². The molecule has 0 aliphatic heterocycles. The standard InChI is InChI=1S/C21H21N3O3/c25-20(22-13-5-9-16-7-2-1-3-8-16)18-11-4-12-19(24-18)21(26)23-15-17-10-6-14-27-17/h1-4,6-8,10-12,14H,5,9,13,15H2,(H,22,25)(H,23,26). The first kappa shape index (κ1) is 18.4. The maximum Gasteiger partial charge on any atom is 0.270 e. The molecule has 0 bridgehead atoms. The van der Waals surface area contributed by atoms with Crippen LogP contribution in [0, 0.1) is 0 Å². The number of benzene rings is 1. The van der Waals surface area contributed by atoms with Crippen molar-refractivity contribution in [3.63, 3.8) is 0 Å². The van der Waals surface area contributed by atoms with Crippen molar-refractivity contribution in [2.24, 2.45) is 0 Å². The number of aromatic nitrogens is 1. The Kier molecular flexibility index (Phi) is 6.35. The van der Waals surface area contributed by atoms with E-state index in [-0.39, 0.29) is 29.7 Å². The van der Waals surface area contributed by atoms with Crippen LogP contribution in [0.5, 0.6) is 0 Å². The third-order valence-electron chi connectivity index (χ3n) is 3.99. The van der Waals surface area contributed by atoms with E-state index < -0.39 is 0 Å². The average molecular weight is 363 g/mol. The molecule has 0 saturated heterocycles. The Morgan fingerprint density at radius 2 is 1.59 bits per heavy atom. The van der Waals surface area contributed by atoms with Crippen LogP contribution in [-0.4, -0.2) is 23.3 Å². The summed E-state index contributed by atoms with van der Waals surface area (Å²) in [5.41, 5.74) is 1.65. The number of pyridine rings is 1. The van der Waals surface area contributed by atoms with Gasteiger partial charge in [-0.2, -0.15) is 0 Å². The topological polar surface area (TPSA) is 84.2 Å². The Morgan fingerprint density at radius 1 is 0.852 bits per heavy atom. The molecule has 3 rings (SSSR count). The van der Waals surface area contributed by atoms with Crippen molar-refractivity contribution in [2.75, 3.05) is 6.54 Å². The molecule has 2 amide bonds. The zero-order valence-electron chi connectivity index (χ0n) is 14.9. The van der Waals surface area contributed by atoms with Crippen LogP contribution in [0.15, 0.2) is 71.3 Å². The zero-order chi connectivity index (χ0) is 18.9. The predicted octanol–water partition coefficient (Wildman–Crippen LogP) is 2.97. The fourth-order valence-corrected chi connectivity index (χ4v) is 2.59. The number of rotatable bonds is 8. The molecular weight excluding hydrogens is 342 g/mol. The third kappa shape index (κ3) is 5.54. The summed E-state index contributed by atoms with van der Waals surface area (Å²) in [5, 5.41) is 5.55. The van der Waals surface area contributed by atoms with E-state index in [4.69, 9.17) is 4.42 Å². The lowest BCUT2D eigenvalue weighted by atomic mass is 10.1. The first-order valence-corrected chi connectivity index (χ1v) is 8.82. The summed E-state index contributed by atoms with van der Waals surface area (Å²) < 4.78 is 5.17. The smallest absolute Gasteiger partial charge is 0.270 e. The fraction of sp³-hybridized carbons (Fsp3) is 0.190. The quantitative estimate of drug-likeness (QED) is 0.603. The van der Waals surface area contributed by atoms with Gasteiger partial charge in [0.25, 0.3) is 11.8 Å². The minimum absolute atomic E-state index is 0.193. The van der Waals surface area contributed by atoms with Gasteiger partial charge >= 0.3 is 0 Å². The van der Waals surface area contributed by atoms with E-state index in [1.165, 1.54) is 5.56 Å². The van der Waals surface area contributed by atoms with E-state index in [9.17, 15) is 9.59 Å². The molecule has 0 spiro atoms. The summed E-state index contributed by atoms with van der Waals surface area (Å²) in [7, 11) is 0. The SMILES string of the molecule is O=C(NCCCc1ccccc1)c1cccc(C(=O)NCc2ccco2)n1. The maximum atomic E-state index is 12.3. The lowest BCUT2D eigenvalue weighted by Crippen LogP contribution is -2.28. The van der Waals surface area contributed by atoms with Crippen molar-refractivity contribution in [3.8, 4) is 0 Å². The number of nitrogens with one attached hydrogen (secondary N) is 2. The molecule has 0 aliphatic carbocycles. The van der Waals surface area contributed by atoms with Crippen molar-refractivity contribution in [3.05, 3.63) is 89.6 Å². The van der Waals surface area contributed by atoms with Gasteiger partial charge in [-0.1, -0.05) is 36.4 Å². The van der Waals surface area contributed by atoms with E-state index >= 15 is 0 Å². The van der Waals surface area contributed by atoms with Gasteiger partial charge in [0.05, 0.1) is 12.8 Å². The highest BCUT2D eigenvalue weighted by Gasteiger charge is 2.12. The summed E-state index contributed by atoms with van der Waals surface area (Å²) in [5.74, 6) is 0.00420. The summed E-state index contributed by atoms with van der Waals surface area (Å²) in [6.07, 6.45) is 3.27. The number of nitrogens with zero attached hydrogens (tertiary/aromatic N) is 1. The molecule has 2 aromatic heterocycles. The number of carbonyl (C=O) groups excluding carboxylic acids is 2. The summed E-state index contributed by atoms with van der Waals surface area (Å²) >= 11 is 0. The van der Waals surface area contributed by atoms with Crippen LogP contribution in [0.1, 0.15) is 38.7 Å². The fourth-order valence-electron chi connectivity index (χ4n) is 2.59. The molecule has 0 unspecified atom stereocenters. The van der Waals surface area contributed by atoms with E-state index in [0.29, 0.717) is 12.3 Å². The molecule has 27 heavy (non-hydrogen) atoms. The second-order valence-corrected chi connectivity index (χ2v) is 6.02. The summed E-state index contributed by atoms with van der Waals surface area (Å²) in [6.45, 7) is 0.813. The van der Waals surface area contributed by atoms with Gasteiger partial charge < -0.3 is 15.1 Å². The average Bonchev–Trinajstić information content (AvgIpc) is 3.24. The molecule has 3 aromatic rings. The van der Waals surface area contributed by atoms with Crippen molar-refractivity contribution in [2.45, 2.75) is 19.4 Å². The number of furan rings is 1. The van der Waals surface area contributed by atoms with Crippen LogP contribution in [0.25, 0.3) is 0 Å². The molecule has 2 N–H and O–H groups in total. The lowest BCUT2D eigenvalue weighted by molar-refractivity contribution is 0.0940. The van der Waals surface area contributed by atoms with Gasteiger partial charge in [0.1, 0.15) is 17.1 Å². The highest BCUT2D eigenvalue weighted by atomic mass is 16.3. The van der Waals surface area contributed by atoms with Crippen LogP contribution < -0.4 is 10.6 Å². The third-order valence-corrected chi connectivity index (χ3v) is 3.99. The van der Waals surface area contributed by atoms with E-state index in [2.05, 4.69) is 27.8 Å². The molecule has 0 atom stereocenters. The van der Waals surface area contributed by atoms with Gasteiger partial charge in [0, 0.05) is 6.54 Å². The minimum atomic E-state index is -0.356. The van der Waals surface area contributed by atoms with Crippen LogP contribution in [0.3, 0.4) is 0 Å². The van der Waals surface area contributed by atoms with E-state index in [0.717, 1.165) is 12.8 Å². The van der Waals surface area contributed by atoms with Gasteiger partial charge in [-0.05, 0) is 42.7 Å². The molecule has 1 aromatic carbocycles. The normalized spacial score (nSPS) is 10.4. The lowest BCUT2D eigenvalue weighted by Gasteiger charge is -2.07. The molecule has 6 nitrogen and oxygen atoms in total. The molecule has 138 valence electrons. The Hall–Kier alpha value is -3.41. The van der Waals surface area contributed by atoms with Gasteiger partial charge in [-0.25, -0.2) is 4.98 Å². The predicted molar refractivity (Wildman–Crippen MR) is 101 cm³/mol. The summed E-state index contributed by atoms with van der Waals surface area (Å²) in [6, 6.07) is 18.4. The van der Waals surface area contributed by atoms with Crippen molar-refractivity contribution in [1.82, 2.24) is 15.6 Å². The number of aryl methyl sites for hydroxylation is 1. The van der Waals surface area contributed by atoms with Crippen LogP contribution >= 0.6 is 0 Å². The molecule has 0 radical (unpaired) electrons. The van der Waals surface area contributed by atoms with Crippen molar-refractivity contribution < 1.29 is 14.0 Å². The molecular formula is C21H21N3O3. The van der Waals surface area contributed by atoms with Crippen LogP contribution in [-0.2, 0) is 13.0 Å². The number of hydrogen-bond acceptors (Lipinski definition) is 4. The molecule has 0 aliphatic rings. The van der Waals surface area contributed by atoms with Gasteiger partial charge in [-0.3, -0.25) is 9.59 Å². The Bertz CT molecular complexity index is 877. The number of hydrogen-bond donors (Lipinski definition) is 2. The Morgan fingerprint density at radius 3 is 2.30 bits per heavy atom. The highest BCUT2D eigenvalue weighted by molar-refractivity contribution is 5.96. The van der Waals surface area contributed by atoms with Gasteiger partial charge in [0.15, 0.2) is 0 Å². The Balaban J connectivity index is 1.48. The first-order valence-electron chi connectivity index (χ1n) is 8.82. The number of amides is 2. The van der Waals surface area contributed by atoms with Gasteiger partial charge in [-0.15, -0.1) is 0 Å². The molecule has 6 heteroatoms.